The highest BCUT2D eigenvalue weighted by atomic mass is 16.5. The van der Waals surface area contributed by atoms with Crippen LogP contribution in [-0.2, 0) is 86.8 Å². The van der Waals surface area contributed by atoms with Crippen molar-refractivity contribution in [1.82, 2.24) is 77.0 Å². The third-order valence-corrected chi connectivity index (χ3v) is 19.4. The first-order valence-electron chi connectivity index (χ1n) is 36.2. The van der Waals surface area contributed by atoms with Gasteiger partial charge >= 0.3 is 11.9 Å². The number of rotatable bonds is 22. The molecule has 31 nitrogen and oxygen atoms in total. The van der Waals surface area contributed by atoms with Crippen LogP contribution < -0.4 is 56.2 Å². The van der Waals surface area contributed by atoms with Gasteiger partial charge in [-0.1, -0.05) is 126 Å². The lowest BCUT2D eigenvalue weighted by Gasteiger charge is -2.32. The molecule has 8 heterocycles. The number of likely N-dealkylation sites (N-methyl/N-ethyl adjacent to an activating group) is 1. The van der Waals surface area contributed by atoms with Crippen molar-refractivity contribution in [2.45, 2.75) is 173 Å². The predicted octanol–water partition coefficient (Wildman–Crippen LogP) is 3.77. The van der Waals surface area contributed by atoms with Crippen LogP contribution in [0.3, 0.4) is 0 Å². The Bertz CT molecular complexity index is 3880. The molecule has 108 heavy (non-hydrogen) atoms. The second kappa shape index (κ2) is 37.7. The Morgan fingerprint density at radius 2 is 0.954 bits per heavy atom. The summed E-state index contributed by atoms with van der Waals surface area (Å²) in [4.78, 5) is 146. The highest BCUT2D eigenvalue weighted by Crippen LogP contribution is 2.32. The van der Waals surface area contributed by atoms with E-state index in [9.17, 15) is 48.6 Å². The maximum atomic E-state index is 15.1. The fourth-order valence-electron chi connectivity index (χ4n) is 12.7. The van der Waals surface area contributed by atoms with Crippen LogP contribution in [0, 0.1) is 17.8 Å². The maximum Gasteiger partial charge on any atom is 0.326 e. The number of benzene rings is 4. The molecule has 12 rings (SSSR count). The van der Waals surface area contributed by atoms with Gasteiger partial charge in [0.2, 0.25) is 47.3 Å². The molecule has 576 valence electrons. The van der Waals surface area contributed by atoms with Crippen LogP contribution in [0.25, 0.3) is 0 Å². The van der Waals surface area contributed by atoms with E-state index in [1.165, 1.54) is 19.2 Å². The summed E-state index contributed by atoms with van der Waals surface area (Å²) in [6.45, 7) is 19.7. The topological polar surface area (TPSA) is 400 Å². The van der Waals surface area contributed by atoms with Crippen molar-refractivity contribution in [3.8, 4) is 23.0 Å². The zero-order valence-corrected chi connectivity index (χ0v) is 61.9. The summed E-state index contributed by atoms with van der Waals surface area (Å²) in [7, 11) is 1.60. The minimum Gasteiger partial charge on any atom is -0.490 e. The molecule has 31 heteroatoms. The van der Waals surface area contributed by atoms with Gasteiger partial charge in [-0.2, -0.15) is 0 Å². The van der Waals surface area contributed by atoms with E-state index in [1.807, 2.05) is 6.92 Å². The lowest BCUT2D eigenvalue weighted by molar-refractivity contribution is -0.144. The Morgan fingerprint density at radius 3 is 1.31 bits per heavy atom. The van der Waals surface area contributed by atoms with Gasteiger partial charge in [-0.05, 0) is 103 Å². The van der Waals surface area contributed by atoms with Gasteiger partial charge in [-0.3, -0.25) is 38.4 Å². The molecule has 6 aromatic rings. The predicted molar refractivity (Wildman–Crippen MR) is 393 cm³/mol. The maximum absolute atomic E-state index is 15.1. The summed E-state index contributed by atoms with van der Waals surface area (Å²) in [5.74, 6) is -7.57. The van der Waals surface area contributed by atoms with E-state index in [1.54, 1.807) is 170 Å². The number of likely N-dealkylation sites (tertiary alicyclic amines) is 2. The smallest absolute Gasteiger partial charge is 0.326 e. The summed E-state index contributed by atoms with van der Waals surface area (Å²) in [6.07, 6.45) is 6.06. The number of carboxylic acids is 2. The van der Waals surface area contributed by atoms with E-state index in [2.05, 4.69) is 71.0 Å². The summed E-state index contributed by atoms with van der Waals surface area (Å²) >= 11 is 0. The number of nitrogens with zero attached hydrogens (tertiary/aromatic N) is 8. The molecule has 6 aliphatic heterocycles. The fourth-order valence-corrected chi connectivity index (χ4v) is 12.7. The molecule has 0 radical (unpaired) electrons. The summed E-state index contributed by atoms with van der Waals surface area (Å²) < 4.78 is 26.7. The molecular weight excluding hydrogens is 1390 g/mol. The molecule has 2 aromatic heterocycles. The van der Waals surface area contributed by atoms with Crippen molar-refractivity contribution in [2.75, 3.05) is 33.4 Å². The van der Waals surface area contributed by atoms with Gasteiger partial charge in [0.25, 0.3) is 0 Å². The van der Waals surface area contributed by atoms with Gasteiger partial charge in [0, 0.05) is 57.5 Å². The average molecular weight is 1490 g/mol. The molecule has 12 atom stereocenters. The van der Waals surface area contributed by atoms with Gasteiger partial charge < -0.3 is 76.2 Å². The van der Waals surface area contributed by atoms with Gasteiger partial charge in [0.05, 0.1) is 30.5 Å². The Labute approximate surface area is 626 Å². The molecule has 6 aliphatic rings. The number of carbonyl (C=O) groups excluding carboxylic acids is 8. The molecule has 8 amide bonds. The molecule has 0 unspecified atom stereocenters. The molecule has 0 saturated carbocycles. The first-order chi connectivity index (χ1) is 51.7. The van der Waals surface area contributed by atoms with Crippen LogP contribution in [0.15, 0.2) is 135 Å². The van der Waals surface area contributed by atoms with Crippen molar-refractivity contribution < 1.29 is 77.1 Å². The van der Waals surface area contributed by atoms with E-state index in [4.69, 9.17) is 18.9 Å². The average Bonchev–Trinajstić information content (AvgIpc) is 1.64. The van der Waals surface area contributed by atoms with Gasteiger partial charge in [-0.15, -0.1) is 10.2 Å². The molecule has 2 fully saturated rings. The molecule has 2 saturated heterocycles. The minimum atomic E-state index is -1.53. The quantitative estimate of drug-likeness (QED) is 0.0437. The fraction of sp³-hybridized carbons (Fsp3) is 0.455. The minimum absolute atomic E-state index is 0.0391. The lowest BCUT2D eigenvalue weighted by Crippen LogP contribution is -2.59. The number of aliphatic carboxylic acids is 2. The van der Waals surface area contributed by atoms with E-state index < -0.39 is 138 Å². The number of carboxylic acid groups (broad SMARTS) is 2. The Kier molecular flexibility index (Phi) is 28.1. The third-order valence-electron chi connectivity index (χ3n) is 19.4. The Hall–Kier alpha value is -11.5. The molecule has 0 aliphatic carbocycles. The number of hydrogen-bond donors (Lipinski definition) is 9. The SMILES string of the molecule is C=CCOc1ccc(C[C@@H]2NC(=O)[C@@H]3C[C@@H](CN3C(=O)[C@@H](NC(=O)[C@H](C)CC)C(C)C)n3cc(nn3)COc3ccc(cc3)C[C@@H](C(=O)O)NC(=O)[C@H](Cc3ccc(OCC=C)cc3)NC(=O)[C@@H]3C[C@@H](CN3C(=O)[C@@H](NC(=O)[C@H](C)NC)C(C)C)n3cc(nn3)COc3ccc(cc3)C[C@@H](C(=O)O)NC2=O)cc1. The van der Waals surface area contributed by atoms with Crippen molar-refractivity contribution in [3.05, 3.63) is 168 Å². The summed E-state index contributed by atoms with van der Waals surface area (Å²) in [5, 5.41) is 58.5. The Balaban J connectivity index is 1.05. The summed E-state index contributed by atoms with van der Waals surface area (Å²) in [5.41, 5.74) is 2.76. The van der Waals surface area contributed by atoms with Crippen LogP contribution in [0.4, 0.5) is 0 Å². The van der Waals surface area contributed by atoms with E-state index in [0.717, 1.165) is 0 Å². The number of hydrogen-bond acceptors (Lipinski definition) is 19. The van der Waals surface area contributed by atoms with Crippen LogP contribution in [0.2, 0.25) is 0 Å². The largest absolute Gasteiger partial charge is 0.490 e. The molecule has 0 spiro atoms. The normalized spacial score (nSPS) is 21.4. The van der Waals surface area contributed by atoms with Crippen LogP contribution in [0.5, 0.6) is 23.0 Å². The molecule has 9 N–H and O–H groups in total. The van der Waals surface area contributed by atoms with Crippen molar-refractivity contribution in [2.24, 2.45) is 17.8 Å². The zero-order valence-electron chi connectivity index (χ0n) is 61.9. The number of amides is 8. The third kappa shape index (κ3) is 21.4. The highest BCUT2D eigenvalue weighted by molar-refractivity contribution is 5.98. The number of carbonyl (C=O) groups is 10. The molecule has 12 bridgehead atoms. The second-order valence-electron chi connectivity index (χ2n) is 28.0. The standard InChI is InChI=1S/C77H97N15O16/c1-11-30-105-56-22-14-48(15-23-56)32-60-70(95)81-62(76(101)102)34-50-20-28-59(29-21-50)108-43-53-39-92(88-86-53)55-37-65(90(41-55)75(100)67(45(6)7)84-69(94)47(9)78-10)73(98)80-61(33-49-16-24-57(25-17-49)106-31-12-2)71(96)82-63(77(103)104)35-51-18-26-58(27-19-51)107-42-52-38-91(87-85-52)54-36-64(72(97)79-60)89(40-54)74(99)66(44(4)5)83-68(93)46(8)13-3/h11-12,14-29,38-39,44-47,54-55,60-67,78H,1-2,13,30-37,40-43H2,3-10H3,(H,79,97)(H,80,98)(H,81,95)(H,82,96)(H,83,93)(H,84,94)(H,101,102)(H,103,104)/t46-,47+,54+,55+,60+,61+,62+,63+,64+,65+,66+,67+/m1/s1. The molecular formula is C77H97N15O16. The van der Waals surface area contributed by atoms with Gasteiger partial charge in [0.15, 0.2) is 0 Å². The Morgan fingerprint density at radius 1 is 0.565 bits per heavy atom. The first kappa shape index (κ1) is 80.6. The van der Waals surface area contributed by atoms with Crippen LogP contribution in [0.1, 0.15) is 113 Å². The van der Waals surface area contributed by atoms with E-state index in [0.29, 0.717) is 63.1 Å². The highest BCUT2D eigenvalue weighted by Gasteiger charge is 2.47. The second-order valence-corrected chi connectivity index (χ2v) is 28.0. The van der Waals surface area contributed by atoms with Crippen molar-refractivity contribution in [3.63, 3.8) is 0 Å². The number of aromatic nitrogens is 6. The monoisotopic (exact) mass is 1490 g/mol. The summed E-state index contributed by atoms with van der Waals surface area (Å²) in [6, 6.07) is 13.7. The lowest BCUT2D eigenvalue weighted by atomic mass is 10.00. The number of ether oxygens (including phenoxy) is 4. The van der Waals surface area contributed by atoms with Gasteiger partial charge in [0.1, 0.15) is 109 Å². The van der Waals surface area contributed by atoms with Crippen molar-refractivity contribution in [1.29, 1.82) is 0 Å². The number of nitrogens with one attached hydrogen (secondary N) is 7. The first-order valence-corrected chi connectivity index (χ1v) is 36.2. The van der Waals surface area contributed by atoms with Crippen molar-refractivity contribution >= 4 is 59.2 Å². The van der Waals surface area contributed by atoms with Crippen LogP contribution in [-0.4, -0.2) is 197 Å². The molecule has 4 aromatic carbocycles. The van der Waals surface area contributed by atoms with E-state index >= 15 is 9.59 Å². The van der Waals surface area contributed by atoms with Crippen LogP contribution >= 0.6 is 0 Å². The zero-order chi connectivity index (χ0) is 77.9. The van der Waals surface area contributed by atoms with E-state index in [-0.39, 0.29) is 83.9 Å². The van der Waals surface area contributed by atoms with Gasteiger partial charge in [-0.25, -0.2) is 19.0 Å².